The van der Waals surface area contributed by atoms with Crippen molar-refractivity contribution >= 4 is 5.91 Å². The molecule has 0 aromatic heterocycles. The summed E-state index contributed by atoms with van der Waals surface area (Å²) in [4.78, 5) is 17.7. The van der Waals surface area contributed by atoms with Crippen LogP contribution < -0.4 is 0 Å². The second-order valence-electron chi connectivity index (χ2n) is 8.09. The Balaban J connectivity index is 1.55. The van der Waals surface area contributed by atoms with Crippen LogP contribution in [0.2, 0.25) is 0 Å². The molecule has 0 N–H and O–H groups in total. The number of carbonyl (C=O) groups is 1. The number of ether oxygens (including phenoxy) is 1. The van der Waals surface area contributed by atoms with Crippen LogP contribution in [-0.4, -0.2) is 55.1 Å². The Morgan fingerprint density at radius 3 is 2.21 bits per heavy atom. The monoisotopic (exact) mass is 378 g/mol. The Morgan fingerprint density at radius 2 is 1.57 bits per heavy atom. The van der Waals surface area contributed by atoms with Crippen molar-refractivity contribution in [3.05, 3.63) is 70.8 Å². The van der Waals surface area contributed by atoms with E-state index in [2.05, 4.69) is 55.1 Å². The second kappa shape index (κ2) is 8.06. The summed E-state index contributed by atoms with van der Waals surface area (Å²) in [6.45, 7) is 9.23. The van der Waals surface area contributed by atoms with Crippen LogP contribution in [0.4, 0.5) is 0 Å². The van der Waals surface area contributed by atoms with Crippen molar-refractivity contribution in [3.63, 3.8) is 0 Å². The van der Waals surface area contributed by atoms with Gasteiger partial charge in [-0.05, 0) is 55.5 Å². The van der Waals surface area contributed by atoms with Gasteiger partial charge in [-0.15, -0.1) is 0 Å². The summed E-state index contributed by atoms with van der Waals surface area (Å²) in [5.41, 5.74) is 4.59. The number of morpholine rings is 1. The van der Waals surface area contributed by atoms with E-state index < -0.39 is 0 Å². The van der Waals surface area contributed by atoms with Gasteiger partial charge in [0.05, 0.1) is 13.2 Å². The van der Waals surface area contributed by atoms with Gasteiger partial charge in [-0.1, -0.05) is 36.4 Å². The fourth-order valence-corrected chi connectivity index (χ4v) is 4.66. The molecule has 0 unspecified atom stereocenters. The quantitative estimate of drug-likeness (QED) is 0.815. The molecule has 2 aliphatic rings. The number of likely N-dealkylation sites (tertiary alicyclic amines) is 1. The number of hydrogen-bond acceptors (Lipinski definition) is 3. The Hall–Kier alpha value is -2.17. The lowest BCUT2D eigenvalue weighted by Crippen LogP contribution is -2.57. The van der Waals surface area contributed by atoms with Gasteiger partial charge in [-0.3, -0.25) is 9.69 Å². The summed E-state index contributed by atoms with van der Waals surface area (Å²) in [6.07, 6.45) is 1.93. The average molecular weight is 379 g/mol. The van der Waals surface area contributed by atoms with Crippen molar-refractivity contribution in [1.82, 2.24) is 9.80 Å². The molecule has 2 heterocycles. The van der Waals surface area contributed by atoms with E-state index in [1.165, 1.54) is 16.7 Å². The number of amides is 1. The van der Waals surface area contributed by atoms with Crippen molar-refractivity contribution in [2.24, 2.45) is 0 Å². The van der Waals surface area contributed by atoms with Gasteiger partial charge >= 0.3 is 0 Å². The topological polar surface area (TPSA) is 32.8 Å². The molecule has 2 saturated heterocycles. The fraction of sp³-hybridized carbons (Fsp3) is 0.458. The maximum Gasteiger partial charge on any atom is 0.253 e. The van der Waals surface area contributed by atoms with Crippen molar-refractivity contribution in [2.45, 2.75) is 32.2 Å². The maximum atomic E-state index is 13.1. The Bertz CT molecular complexity index is 820. The van der Waals surface area contributed by atoms with E-state index in [1.54, 1.807) is 0 Å². The molecule has 1 amide bonds. The number of hydrogen-bond donors (Lipinski definition) is 0. The molecule has 4 nitrogen and oxygen atoms in total. The molecule has 2 aliphatic heterocycles. The van der Waals surface area contributed by atoms with Gasteiger partial charge in [-0.25, -0.2) is 0 Å². The molecular formula is C24H30N2O2. The van der Waals surface area contributed by atoms with Crippen molar-refractivity contribution in [3.8, 4) is 0 Å². The van der Waals surface area contributed by atoms with Crippen molar-refractivity contribution in [2.75, 3.05) is 39.4 Å². The van der Waals surface area contributed by atoms with E-state index in [-0.39, 0.29) is 11.4 Å². The molecular weight excluding hydrogens is 348 g/mol. The summed E-state index contributed by atoms with van der Waals surface area (Å²) >= 11 is 0. The summed E-state index contributed by atoms with van der Waals surface area (Å²) in [5.74, 6) is 0.159. The van der Waals surface area contributed by atoms with Gasteiger partial charge in [0.1, 0.15) is 0 Å². The first kappa shape index (κ1) is 19.2. The van der Waals surface area contributed by atoms with E-state index in [0.717, 1.165) is 57.8 Å². The smallest absolute Gasteiger partial charge is 0.253 e. The highest BCUT2D eigenvalue weighted by molar-refractivity contribution is 5.94. The first-order valence-electron chi connectivity index (χ1n) is 10.3. The van der Waals surface area contributed by atoms with Crippen LogP contribution in [-0.2, 0) is 10.3 Å². The summed E-state index contributed by atoms with van der Waals surface area (Å²) in [5, 5.41) is 0. The molecule has 2 fully saturated rings. The minimum Gasteiger partial charge on any atom is -0.379 e. The molecule has 2 aromatic carbocycles. The summed E-state index contributed by atoms with van der Waals surface area (Å²) < 4.78 is 5.60. The number of rotatable bonds is 3. The fourth-order valence-electron chi connectivity index (χ4n) is 4.66. The third kappa shape index (κ3) is 3.59. The molecule has 4 rings (SSSR count). The molecule has 0 atom stereocenters. The van der Waals surface area contributed by atoms with E-state index >= 15 is 0 Å². The molecule has 0 bridgehead atoms. The molecule has 0 spiro atoms. The molecule has 0 saturated carbocycles. The largest absolute Gasteiger partial charge is 0.379 e. The molecule has 2 aromatic rings. The minimum absolute atomic E-state index is 0.00497. The zero-order valence-corrected chi connectivity index (χ0v) is 17.0. The highest BCUT2D eigenvalue weighted by Gasteiger charge is 2.42. The maximum absolute atomic E-state index is 13.1. The lowest BCUT2D eigenvalue weighted by molar-refractivity contribution is -0.0482. The zero-order chi connectivity index (χ0) is 19.6. The first-order chi connectivity index (χ1) is 13.6. The number of nitrogens with zero attached hydrogens (tertiary/aromatic N) is 2. The van der Waals surface area contributed by atoms with Gasteiger partial charge in [0.25, 0.3) is 5.91 Å². The van der Waals surface area contributed by atoms with E-state index in [1.807, 2.05) is 17.0 Å². The van der Waals surface area contributed by atoms with Crippen LogP contribution in [0, 0.1) is 13.8 Å². The van der Waals surface area contributed by atoms with E-state index in [4.69, 9.17) is 4.74 Å². The summed E-state index contributed by atoms with van der Waals surface area (Å²) in [6, 6.07) is 16.9. The Labute approximate surface area is 168 Å². The second-order valence-corrected chi connectivity index (χ2v) is 8.09. The van der Waals surface area contributed by atoms with Crippen LogP contribution in [0.15, 0.2) is 48.5 Å². The van der Waals surface area contributed by atoms with Crippen LogP contribution in [0.5, 0.6) is 0 Å². The third-order valence-corrected chi connectivity index (χ3v) is 6.56. The lowest BCUT2D eigenvalue weighted by Gasteiger charge is -2.50. The Morgan fingerprint density at radius 1 is 0.893 bits per heavy atom. The van der Waals surface area contributed by atoms with Gasteiger partial charge in [-0.2, -0.15) is 0 Å². The lowest BCUT2D eigenvalue weighted by atomic mass is 9.78. The predicted octanol–water partition coefficient (Wildman–Crippen LogP) is 3.77. The third-order valence-electron chi connectivity index (χ3n) is 6.56. The molecule has 0 aliphatic carbocycles. The number of piperidine rings is 1. The standard InChI is InChI=1S/C24H30N2O2/c1-19-8-9-21(18-20(19)2)23(27)25-12-10-24(11-13-25,22-6-4-3-5-7-22)26-14-16-28-17-15-26/h3-9,18H,10-17H2,1-2H3. The van der Waals surface area contributed by atoms with E-state index in [0.29, 0.717) is 0 Å². The zero-order valence-electron chi connectivity index (χ0n) is 17.0. The van der Waals surface area contributed by atoms with Gasteiger partial charge in [0, 0.05) is 37.3 Å². The number of carbonyl (C=O) groups excluding carboxylic acids is 1. The highest BCUT2D eigenvalue weighted by Crippen LogP contribution is 2.39. The molecule has 4 heteroatoms. The van der Waals surface area contributed by atoms with Crippen molar-refractivity contribution in [1.29, 1.82) is 0 Å². The van der Waals surface area contributed by atoms with Gasteiger partial charge in [0.15, 0.2) is 0 Å². The normalized spacial score (nSPS) is 20.1. The molecule has 148 valence electrons. The molecule has 28 heavy (non-hydrogen) atoms. The number of benzene rings is 2. The Kier molecular flexibility index (Phi) is 5.51. The van der Waals surface area contributed by atoms with Crippen LogP contribution >= 0.6 is 0 Å². The first-order valence-corrected chi connectivity index (χ1v) is 10.3. The predicted molar refractivity (Wildman–Crippen MR) is 112 cm³/mol. The number of aryl methyl sites for hydroxylation is 2. The highest BCUT2D eigenvalue weighted by atomic mass is 16.5. The van der Waals surface area contributed by atoms with Crippen LogP contribution in [0.3, 0.4) is 0 Å². The average Bonchev–Trinajstić information content (AvgIpc) is 2.76. The van der Waals surface area contributed by atoms with Gasteiger partial charge in [0.2, 0.25) is 0 Å². The van der Waals surface area contributed by atoms with Crippen molar-refractivity contribution < 1.29 is 9.53 Å². The van der Waals surface area contributed by atoms with Crippen LogP contribution in [0.1, 0.15) is 39.9 Å². The van der Waals surface area contributed by atoms with Gasteiger partial charge < -0.3 is 9.64 Å². The summed E-state index contributed by atoms with van der Waals surface area (Å²) in [7, 11) is 0. The molecule has 0 radical (unpaired) electrons. The van der Waals surface area contributed by atoms with E-state index in [9.17, 15) is 4.79 Å². The SMILES string of the molecule is Cc1ccc(C(=O)N2CCC(c3ccccc3)(N3CCOCC3)CC2)cc1C. The minimum atomic E-state index is 0.00497. The van der Waals surface area contributed by atoms with Crippen LogP contribution in [0.25, 0.3) is 0 Å².